The Morgan fingerprint density at radius 2 is 2.25 bits per heavy atom. The molecule has 1 atom stereocenters. The first-order valence-electron chi connectivity index (χ1n) is 3.51. The van der Waals surface area contributed by atoms with Crippen LogP contribution in [-0.4, -0.2) is 18.3 Å². The van der Waals surface area contributed by atoms with Gasteiger partial charge in [-0.3, -0.25) is 0 Å². The Kier molecular flexibility index (Phi) is 4.65. The smallest absolute Gasteiger partial charge is 0.332 e. The third-order valence-electron chi connectivity index (χ3n) is 1.15. The zero-order valence-electron chi connectivity index (χ0n) is 7.11. The summed E-state index contributed by atoms with van der Waals surface area (Å²) in [7, 11) is 0. The minimum atomic E-state index is -0.756. The molecule has 0 saturated carbocycles. The lowest BCUT2D eigenvalue weighted by Gasteiger charge is -2.13. The molecule has 66 valence electrons. The largest absolute Gasteiger partial charge is 0.435 e. The third kappa shape index (κ3) is 3.68. The third-order valence-corrected chi connectivity index (χ3v) is 1.15. The Morgan fingerprint density at radius 3 is 2.58 bits per heavy atom. The quantitative estimate of drug-likeness (QED) is 0.273. The first kappa shape index (κ1) is 10.6. The maximum atomic E-state index is 10.7. The summed E-state index contributed by atoms with van der Waals surface area (Å²) < 4.78 is 4.72. The molecule has 0 aliphatic carbocycles. The Bertz CT molecular complexity index is 216. The van der Waals surface area contributed by atoms with Crippen molar-refractivity contribution in [2.24, 2.45) is 10.9 Å². The van der Waals surface area contributed by atoms with Crippen molar-refractivity contribution in [2.45, 2.75) is 20.1 Å². The first-order valence-corrected chi connectivity index (χ1v) is 3.51. The molecule has 0 spiro atoms. The highest BCUT2D eigenvalue weighted by Gasteiger charge is 2.14. The minimum absolute atomic E-state index is 0.0460. The SMILES string of the molecule is C=CC(=O)OC(N=C=O)C(C)C. The summed E-state index contributed by atoms with van der Waals surface area (Å²) in [6.45, 7) is 6.78. The Balaban J connectivity index is 4.22. The van der Waals surface area contributed by atoms with E-state index in [1.54, 1.807) is 13.8 Å². The van der Waals surface area contributed by atoms with Crippen LogP contribution in [0.5, 0.6) is 0 Å². The molecule has 4 nitrogen and oxygen atoms in total. The number of hydrogen-bond donors (Lipinski definition) is 0. The number of carbonyl (C=O) groups excluding carboxylic acids is 2. The summed E-state index contributed by atoms with van der Waals surface area (Å²) in [5, 5.41) is 0. The number of hydrogen-bond acceptors (Lipinski definition) is 4. The maximum Gasteiger partial charge on any atom is 0.332 e. The highest BCUT2D eigenvalue weighted by atomic mass is 16.6. The van der Waals surface area contributed by atoms with Crippen LogP contribution in [-0.2, 0) is 14.3 Å². The van der Waals surface area contributed by atoms with Crippen molar-refractivity contribution in [2.75, 3.05) is 0 Å². The number of nitrogens with zero attached hydrogens (tertiary/aromatic N) is 1. The van der Waals surface area contributed by atoms with Crippen LogP contribution in [0, 0.1) is 5.92 Å². The van der Waals surface area contributed by atoms with Gasteiger partial charge in [0.05, 0.1) is 0 Å². The van der Waals surface area contributed by atoms with E-state index in [0.717, 1.165) is 6.08 Å². The van der Waals surface area contributed by atoms with E-state index in [4.69, 9.17) is 4.74 Å². The molecule has 1 unspecified atom stereocenters. The van der Waals surface area contributed by atoms with E-state index in [1.807, 2.05) is 0 Å². The molecule has 0 aliphatic rings. The van der Waals surface area contributed by atoms with E-state index >= 15 is 0 Å². The monoisotopic (exact) mass is 169 g/mol. The lowest BCUT2D eigenvalue weighted by Crippen LogP contribution is -2.20. The van der Waals surface area contributed by atoms with Gasteiger partial charge in [0.1, 0.15) is 0 Å². The number of isocyanates is 1. The van der Waals surface area contributed by atoms with Crippen molar-refractivity contribution in [1.29, 1.82) is 0 Å². The molecule has 0 bridgehead atoms. The van der Waals surface area contributed by atoms with Crippen LogP contribution in [0.4, 0.5) is 0 Å². The van der Waals surface area contributed by atoms with Gasteiger partial charge in [0.25, 0.3) is 0 Å². The van der Waals surface area contributed by atoms with Gasteiger partial charge >= 0.3 is 5.97 Å². The number of rotatable bonds is 4. The normalized spacial score (nSPS) is 11.6. The summed E-state index contributed by atoms with van der Waals surface area (Å²) in [6.07, 6.45) is 1.61. The van der Waals surface area contributed by atoms with Crippen molar-refractivity contribution >= 4 is 12.0 Å². The molecule has 0 radical (unpaired) electrons. The fourth-order valence-corrected chi connectivity index (χ4v) is 0.531. The molecule has 4 heteroatoms. The van der Waals surface area contributed by atoms with Gasteiger partial charge in [-0.2, -0.15) is 4.99 Å². The molecule has 0 aromatic rings. The number of carbonyl (C=O) groups is 1. The summed E-state index contributed by atoms with van der Waals surface area (Å²) in [6, 6.07) is 0. The van der Waals surface area contributed by atoms with Gasteiger partial charge in [-0.15, -0.1) is 0 Å². The first-order chi connectivity index (χ1) is 5.61. The van der Waals surface area contributed by atoms with Crippen LogP contribution >= 0.6 is 0 Å². The average Bonchev–Trinajstić information content (AvgIpc) is 2.03. The van der Waals surface area contributed by atoms with Gasteiger partial charge in [-0.05, 0) is 0 Å². The molecule has 0 saturated heterocycles. The molecule has 0 fully saturated rings. The van der Waals surface area contributed by atoms with Crippen LogP contribution in [0.3, 0.4) is 0 Å². The van der Waals surface area contributed by atoms with Crippen LogP contribution in [0.15, 0.2) is 17.6 Å². The molecule has 0 N–H and O–H groups in total. The average molecular weight is 169 g/mol. The fraction of sp³-hybridized carbons (Fsp3) is 0.500. The summed E-state index contributed by atoms with van der Waals surface area (Å²) >= 11 is 0. The Hall–Kier alpha value is -1.41. The fourth-order valence-electron chi connectivity index (χ4n) is 0.531. The lowest BCUT2D eigenvalue weighted by atomic mass is 10.2. The van der Waals surface area contributed by atoms with Crippen LogP contribution in [0.2, 0.25) is 0 Å². The van der Waals surface area contributed by atoms with Crippen LogP contribution in [0.25, 0.3) is 0 Å². The second-order valence-corrected chi connectivity index (χ2v) is 2.50. The number of esters is 1. The molecular weight excluding hydrogens is 158 g/mol. The van der Waals surface area contributed by atoms with E-state index in [2.05, 4.69) is 11.6 Å². The van der Waals surface area contributed by atoms with E-state index in [9.17, 15) is 9.59 Å². The standard InChI is InChI=1S/C8H11NO3/c1-4-7(11)12-8(6(2)3)9-5-10/h4,6,8H,1H2,2-3H3. The van der Waals surface area contributed by atoms with Crippen molar-refractivity contribution in [1.82, 2.24) is 0 Å². The van der Waals surface area contributed by atoms with Crippen LogP contribution in [0.1, 0.15) is 13.8 Å². The minimum Gasteiger partial charge on any atom is -0.435 e. The second-order valence-electron chi connectivity index (χ2n) is 2.50. The van der Waals surface area contributed by atoms with Gasteiger partial charge < -0.3 is 4.74 Å². The van der Waals surface area contributed by atoms with Gasteiger partial charge in [0.15, 0.2) is 0 Å². The highest BCUT2D eigenvalue weighted by Crippen LogP contribution is 2.07. The Labute approximate surface area is 70.9 Å². The van der Waals surface area contributed by atoms with Crippen molar-refractivity contribution in [3.8, 4) is 0 Å². The van der Waals surface area contributed by atoms with Gasteiger partial charge in [0, 0.05) is 12.0 Å². The van der Waals surface area contributed by atoms with Crippen LogP contribution < -0.4 is 0 Å². The van der Waals surface area contributed by atoms with Gasteiger partial charge in [-0.25, -0.2) is 9.59 Å². The lowest BCUT2D eigenvalue weighted by molar-refractivity contribution is -0.144. The second kappa shape index (κ2) is 5.27. The molecule has 0 amide bonds. The predicted molar refractivity (Wildman–Crippen MR) is 43.0 cm³/mol. The van der Waals surface area contributed by atoms with E-state index < -0.39 is 12.2 Å². The van der Waals surface area contributed by atoms with Crippen molar-refractivity contribution < 1.29 is 14.3 Å². The zero-order chi connectivity index (χ0) is 9.56. The molecule has 0 heterocycles. The van der Waals surface area contributed by atoms with Crippen molar-refractivity contribution in [3.63, 3.8) is 0 Å². The van der Waals surface area contributed by atoms with E-state index in [1.165, 1.54) is 6.08 Å². The molecule has 0 rings (SSSR count). The van der Waals surface area contributed by atoms with E-state index in [0.29, 0.717) is 0 Å². The predicted octanol–water partition coefficient (Wildman–Crippen LogP) is 1.03. The number of ether oxygens (including phenoxy) is 1. The van der Waals surface area contributed by atoms with Gasteiger partial charge in [0.2, 0.25) is 12.3 Å². The van der Waals surface area contributed by atoms with Crippen molar-refractivity contribution in [3.05, 3.63) is 12.7 Å². The summed E-state index contributed by atoms with van der Waals surface area (Å²) in [4.78, 5) is 23.9. The molecule has 0 aliphatic heterocycles. The number of aliphatic imine (C=N–C) groups is 1. The summed E-state index contributed by atoms with van der Waals surface area (Å²) in [5.74, 6) is -0.636. The maximum absolute atomic E-state index is 10.7. The zero-order valence-corrected chi connectivity index (χ0v) is 7.11. The topological polar surface area (TPSA) is 55.7 Å². The molecular formula is C8H11NO3. The summed E-state index contributed by atoms with van der Waals surface area (Å²) in [5.41, 5.74) is 0. The van der Waals surface area contributed by atoms with E-state index in [-0.39, 0.29) is 5.92 Å². The molecule has 0 aromatic carbocycles. The molecule has 12 heavy (non-hydrogen) atoms. The highest BCUT2D eigenvalue weighted by molar-refractivity contribution is 5.81. The Morgan fingerprint density at radius 1 is 1.67 bits per heavy atom. The van der Waals surface area contributed by atoms with Gasteiger partial charge in [-0.1, -0.05) is 20.4 Å². The molecule has 0 aromatic heterocycles.